The highest BCUT2D eigenvalue weighted by atomic mass is 35.5. The van der Waals surface area contributed by atoms with E-state index in [2.05, 4.69) is 24.4 Å². The fourth-order valence-corrected chi connectivity index (χ4v) is 2.58. The molecule has 1 N–H and O–H groups in total. The smallest absolute Gasteiger partial charge is 0.118 e. The summed E-state index contributed by atoms with van der Waals surface area (Å²) in [6.45, 7) is 2.15. The van der Waals surface area contributed by atoms with E-state index >= 15 is 0 Å². The Morgan fingerprint density at radius 1 is 1.10 bits per heavy atom. The van der Waals surface area contributed by atoms with Gasteiger partial charge < -0.3 is 10.1 Å². The summed E-state index contributed by atoms with van der Waals surface area (Å²) in [5.74, 6) is 0.887. The number of hydrogen-bond acceptors (Lipinski definition) is 2. The lowest BCUT2D eigenvalue weighted by molar-refractivity contribution is 0.414. The van der Waals surface area contributed by atoms with E-state index in [1.165, 1.54) is 5.56 Å². The first-order chi connectivity index (χ1) is 10.1. The Bertz CT molecular complexity index is 584. The molecule has 1 unspecified atom stereocenters. The van der Waals surface area contributed by atoms with Gasteiger partial charge in [0.25, 0.3) is 0 Å². The van der Waals surface area contributed by atoms with E-state index in [1.54, 1.807) is 13.2 Å². The van der Waals surface area contributed by atoms with E-state index in [1.807, 2.05) is 24.3 Å². The molecular weight excluding hydrogens is 305 g/mol. The summed E-state index contributed by atoms with van der Waals surface area (Å²) in [6, 6.07) is 14.0. The highest BCUT2D eigenvalue weighted by Gasteiger charge is 2.06. The number of ether oxygens (including phenoxy) is 1. The van der Waals surface area contributed by atoms with Crippen molar-refractivity contribution in [1.29, 1.82) is 0 Å². The van der Waals surface area contributed by atoms with Crippen LogP contribution in [0.3, 0.4) is 0 Å². The molecule has 2 aromatic carbocycles. The van der Waals surface area contributed by atoms with Gasteiger partial charge in [0, 0.05) is 11.1 Å². The fraction of sp³-hybridized carbons (Fsp3) is 0.294. The zero-order valence-electron chi connectivity index (χ0n) is 12.2. The number of nitrogens with one attached hydrogen (secondary N) is 1. The number of rotatable bonds is 6. The van der Waals surface area contributed by atoms with Crippen LogP contribution in [0.25, 0.3) is 0 Å². The van der Waals surface area contributed by atoms with Crippen molar-refractivity contribution in [1.82, 2.24) is 0 Å². The van der Waals surface area contributed by atoms with Gasteiger partial charge in [-0.1, -0.05) is 35.3 Å². The minimum atomic E-state index is 0.325. The predicted octanol–water partition coefficient (Wildman–Crippen LogP) is 5.44. The van der Waals surface area contributed by atoms with Crippen LogP contribution in [0, 0.1) is 0 Å². The number of benzene rings is 2. The standard InChI is InChI=1S/C17H19Cl2NO/c1-12(20-17-10-7-14(18)11-16(17)19)3-4-13-5-8-15(21-2)9-6-13/h5-12,20H,3-4H2,1-2H3. The molecular formula is C17H19Cl2NO. The number of hydrogen-bond donors (Lipinski definition) is 1. The topological polar surface area (TPSA) is 21.3 Å². The molecule has 2 rings (SSSR count). The highest BCUT2D eigenvalue weighted by molar-refractivity contribution is 6.36. The maximum Gasteiger partial charge on any atom is 0.118 e. The van der Waals surface area contributed by atoms with Crippen molar-refractivity contribution in [3.05, 3.63) is 58.1 Å². The van der Waals surface area contributed by atoms with Crippen LogP contribution in [0.4, 0.5) is 5.69 Å². The van der Waals surface area contributed by atoms with Crippen molar-refractivity contribution < 1.29 is 4.74 Å². The molecule has 0 saturated carbocycles. The molecule has 0 radical (unpaired) electrons. The molecule has 0 bridgehead atoms. The van der Waals surface area contributed by atoms with Gasteiger partial charge in [0.05, 0.1) is 17.8 Å². The Morgan fingerprint density at radius 2 is 1.81 bits per heavy atom. The first-order valence-corrected chi connectivity index (χ1v) is 7.68. The molecule has 0 aliphatic rings. The van der Waals surface area contributed by atoms with E-state index in [4.69, 9.17) is 27.9 Å². The Kier molecular flexibility index (Phi) is 5.77. The molecule has 2 aromatic rings. The van der Waals surface area contributed by atoms with Crippen LogP contribution in [0.5, 0.6) is 5.75 Å². The molecule has 0 fully saturated rings. The third-order valence-corrected chi connectivity index (χ3v) is 3.91. The van der Waals surface area contributed by atoms with E-state index < -0.39 is 0 Å². The van der Waals surface area contributed by atoms with E-state index in [0.717, 1.165) is 24.3 Å². The lowest BCUT2D eigenvalue weighted by Gasteiger charge is -2.16. The zero-order chi connectivity index (χ0) is 15.2. The average molecular weight is 324 g/mol. The molecule has 0 aliphatic carbocycles. The Labute approximate surface area is 136 Å². The van der Waals surface area contributed by atoms with Crippen molar-refractivity contribution in [3.63, 3.8) is 0 Å². The zero-order valence-corrected chi connectivity index (χ0v) is 13.7. The van der Waals surface area contributed by atoms with Crippen molar-refractivity contribution in [3.8, 4) is 5.75 Å². The molecule has 0 heterocycles. The Morgan fingerprint density at radius 3 is 2.43 bits per heavy atom. The predicted molar refractivity (Wildman–Crippen MR) is 90.9 cm³/mol. The Balaban J connectivity index is 1.87. The first-order valence-electron chi connectivity index (χ1n) is 6.93. The van der Waals surface area contributed by atoms with Crippen molar-refractivity contribution in [2.45, 2.75) is 25.8 Å². The fourth-order valence-electron chi connectivity index (χ4n) is 2.12. The number of methoxy groups -OCH3 is 1. The summed E-state index contributed by atoms with van der Waals surface area (Å²) in [5, 5.41) is 4.72. The second-order valence-corrected chi connectivity index (χ2v) is 5.90. The molecule has 0 aromatic heterocycles. The van der Waals surface area contributed by atoms with Gasteiger partial charge in [-0.25, -0.2) is 0 Å². The summed E-state index contributed by atoms with van der Waals surface area (Å²) in [4.78, 5) is 0. The summed E-state index contributed by atoms with van der Waals surface area (Å²) < 4.78 is 5.16. The largest absolute Gasteiger partial charge is 0.497 e. The van der Waals surface area contributed by atoms with Gasteiger partial charge in [0.2, 0.25) is 0 Å². The van der Waals surface area contributed by atoms with E-state index in [9.17, 15) is 0 Å². The molecule has 1 atom stereocenters. The van der Waals surface area contributed by atoms with Gasteiger partial charge in [-0.3, -0.25) is 0 Å². The molecule has 2 nitrogen and oxygen atoms in total. The van der Waals surface area contributed by atoms with Gasteiger partial charge in [-0.2, -0.15) is 0 Å². The van der Waals surface area contributed by atoms with Crippen LogP contribution >= 0.6 is 23.2 Å². The normalized spacial score (nSPS) is 12.0. The molecule has 112 valence electrons. The monoisotopic (exact) mass is 323 g/mol. The minimum absolute atomic E-state index is 0.325. The molecule has 0 spiro atoms. The first kappa shape index (κ1) is 16.0. The van der Waals surface area contributed by atoms with Crippen LogP contribution in [0.15, 0.2) is 42.5 Å². The van der Waals surface area contributed by atoms with E-state index in [-0.39, 0.29) is 0 Å². The molecule has 0 saturated heterocycles. The van der Waals surface area contributed by atoms with Gasteiger partial charge in [-0.05, 0) is 55.7 Å². The third-order valence-electron chi connectivity index (χ3n) is 3.36. The number of halogens is 2. The molecule has 4 heteroatoms. The number of aryl methyl sites for hydroxylation is 1. The number of anilines is 1. The summed E-state index contributed by atoms with van der Waals surface area (Å²) in [7, 11) is 1.68. The maximum atomic E-state index is 6.16. The van der Waals surface area contributed by atoms with Crippen LogP contribution in [0.2, 0.25) is 10.0 Å². The van der Waals surface area contributed by atoms with Crippen LogP contribution in [0.1, 0.15) is 18.9 Å². The highest BCUT2D eigenvalue weighted by Crippen LogP contribution is 2.26. The summed E-state index contributed by atoms with van der Waals surface area (Å²) >= 11 is 12.1. The van der Waals surface area contributed by atoms with Gasteiger partial charge in [-0.15, -0.1) is 0 Å². The minimum Gasteiger partial charge on any atom is -0.497 e. The summed E-state index contributed by atoms with van der Waals surface area (Å²) in [6.07, 6.45) is 2.02. The SMILES string of the molecule is COc1ccc(CCC(C)Nc2ccc(Cl)cc2Cl)cc1. The van der Waals surface area contributed by atoms with Crippen LogP contribution in [-0.2, 0) is 6.42 Å². The van der Waals surface area contributed by atoms with Gasteiger partial charge >= 0.3 is 0 Å². The second kappa shape index (κ2) is 7.58. The van der Waals surface area contributed by atoms with E-state index in [0.29, 0.717) is 16.1 Å². The van der Waals surface area contributed by atoms with Crippen LogP contribution in [-0.4, -0.2) is 13.2 Å². The second-order valence-electron chi connectivity index (χ2n) is 5.06. The average Bonchev–Trinajstić information content (AvgIpc) is 2.48. The van der Waals surface area contributed by atoms with Crippen molar-refractivity contribution in [2.75, 3.05) is 12.4 Å². The third kappa shape index (κ3) is 4.83. The summed E-state index contributed by atoms with van der Waals surface area (Å²) in [5.41, 5.74) is 2.22. The molecule has 21 heavy (non-hydrogen) atoms. The van der Waals surface area contributed by atoms with Crippen molar-refractivity contribution >= 4 is 28.9 Å². The lowest BCUT2D eigenvalue weighted by Crippen LogP contribution is -2.16. The van der Waals surface area contributed by atoms with Crippen LogP contribution < -0.4 is 10.1 Å². The van der Waals surface area contributed by atoms with Crippen molar-refractivity contribution in [2.24, 2.45) is 0 Å². The quantitative estimate of drug-likeness (QED) is 0.764. The molecule has 0 amide bonds. The Hall–Kier alpha value is -1.38. The molecule has 0 aliphatic heterocycles. The van der Waals surface area contributed by atoms with Gasteiger partial charge in [0.15, 0.2) is 0 Å². The van der Waals surface area contributed by atoms with Gasteiger partial charge in [0.1, 0.15) is 5.75 Å². The lowest BCUT2D eigenvalue weighted by atomic mass is 10.1. The maximum absolute atomic E-state index is 6.16.